The number of aryl methyl sites for hydroxylation is 2. The number of nitrogens with zero attached hydrogens (tertiary/aromatic N) is 8. The summed E-state index contributed by atoms with van der Waals surface area (Å²) in [4.78, 5) is 62.6. The third kappa shape index (κ3) is 20.6. The molecule has 9 rings (SSSR count). The topological polar surface area (TPSA) is 273 Å². The van der Waals surface area contributed by atoms with Crippen molar-refractivity contribution in [2.45, 2.75) is 129 Å². The second-order valence-corrected chi connectivity index (χ2v) is 20.7. The maximum atomic E-state index is 13.2. The third-order valence-electron chi connectivity index (χ3n) is 13.3. The zero-order valence-corrected chi connectivity index (χ0v) is 48.4. The van der Waals surface area contributed by atoms with Crippen molar-refractivity contribution < 1.29 is 72.6 Å². The van der Waals surface area contributed by atoms with Crippen LogP contribution in [0.1, 0.15) is 153 Å². The van der Waals surface area contributed by atoms with Crippen LogP contribution in [0, 0.1) is 0 Å². The summed E-state index contributed by atoms with van der Waals surface area (Å²) in [5, 5.41) is 40.7. The second-order valence-electron chi connectivity index (χ2n) is 20.4. The number of rotatable bonds is 13. The first-order valence-electron chi connectivity index (χ1n) is 28.0. The number of nitrogens with one attached hydrogen (secondary N) is 4. The minimum atomic E-state index is -1.45. The normalized spacial score (nSPS) is 15.1. The fourth-order valence-electron chi connectivity index (χ4n) is 9.19. The van der Waals surface area contributed by atoms with Gasteiger partial charge in [-0.1, -0.05) is 49.9 Å². The number of ether oxygens (including phenoxy) is 3. The van der Waals surface area contributed by atoms with E-state index in [-0.39, 0.29) is 59.8 Å². The average molecular weight is 1140 g/mol. The Labute approximate surface area is 493 Å². The van der Waals surface area contributed by atoms with Gasteiger partial charge in [0, 0.05) is 99.6 Å². The summed E-state index contributed by atoms with van der Waals surface area (Å²) in [6, 6.07) is 14.7. The Morgan fingerprint density at radius 3 is 2.11 bits per heavy atom. The quantitative estimate of drug-likeness (QED) is 0.0683. The largest absolute Gasteiger partial charge is 1.00 e. The molecule has 6 aromatic rings. The van der Waals surface area contributed by atoms with Gasteiger partial charge in [0.2, 0.25) is 0 Å². The molecule has 0 saturated carbocycles. The number of alkyl carbamates (subject to hydrolysis) is 1. The minimum absolute atomic E-state index is 0. The van der Waals surface area contributed by atoms with Crippen LogP contribution >= 0.6 is 9.12 Å². The van der Waals surface area contributed by atoms with E-state index in [0.717, 1.165) is 99.6 Å². The standard InChI is InChI=1S/C30H40N6O6.C25H30N6O3.CH3F.BH2OP.Li/c1-30(2,3)42-29(40)31-13-6-4-5-7-14-35-19-23(18-32-35)21-9-8-10-22(17-21)27(37)33-25-20-36(34-26(25)28(38)39)24-11-15-41-16-12-24;32-24-19-7-5-6-18(14-19)20-15-27-30(16-20)11-4-2-1-3-10-26-25(33)23-22(28-24)17-31(29-23)21-8-12-34-13-9-21;1-2;2-1-3;/h8-10,17-20,24H,4-7,11-16H2,1-3H3,(H,31,40)(H,33,37)(H,38,39);5-7,14-17,21H,1-4,8-13H2,(H,26,33)(H,28,32);1H3;3H2;/q;;;;+1/p-1/i;;1D;;. The minimum Gasteiger partial charge on any atom is -0.381 e. The molecule has 2 saturated heterocycles. The van der Waals surface area contributed by atoms with Gasteiger partial charge in [-0.05, 0) is 108 Å². The van der Waals surface area contributed by atoms with Gasteiger partial charge < -0.3 is 45.4 Å². The van der Waals surface area contributed by atoms with Crippen LogP contribution in [0.25, 0.3) is 22.3 Å². The number of amides is 4. The maximum Gasteiger partial charge on any atom is 1.00 e. The number of benzene rings is 2. The van der Waals surface area contributed by atoms with Gasteiger partial charge in [0.05, 0.1) is 50.3 Å². The van der Waals surface area contributed by atoms with Crippen molar-refractivity contribution in [3.05, 3.63) is 108 Å². The molecule has 4 amide bonds. The molecule has 434 valence electrons. The zero-order chi connectivity index (χ0) is 58.9. The molecule has 22 nitrogen and oxygen atoms in total. The first kappa shape index (κ1) is 64.3. The molecule has 4 bridgehead atoms. The Morgan fingerprint density at radius 2 is 1.43 bits per heavy atom. The predicted molar refractivity (Wildman–Crippen MR) is 305 cm³/mol. The van der Waals surface area contributed by atoms with Crippen LogP contribution in [0.3, 0.4) is 0 Å². The summed E-state index contributed by atoms with van der Waals surface area (Å²) in [5.74, 6) is -2.44. The number of alkyl halides is 1. The molecule has 0 aliphatic carbocycles. The molecule has 3 aliphatic rings. The van der Waals surface area contributed by atoms with Gasteiger partial charge in [0.25, 0.3) is 17.7 Å². The van der Waals surface area contributed by atoms with Crippen molar-refractivity contribution in [2.24, 2.45) is 0 Å². The van der Waals surface area contributed by atoms with Crippen LogP contribution in [0.2, 0.25) is 0 Å². The molecule has 26 heteroatoms. The van der Waals surface area contributed by atoms with Crippen LogP contribution in [0.4, 0.5) is 20.6 Å². The number of carboxylic acids is 1. The van der Waals surface area contributed by atoms with E-state index in [1.54, 1.807) is 52.2 Å². The Bertz CT molecular complexity index is 3030. The smallest absolute Gasteiger partial charge is 0.381 e. The van der Waals surface area contributed by atoms with Crippen molar-refractivity contribution in [3.63, 3.8) is 0 Å². The molecule has 2 aromatic carbocycles. The van der Waals surface area contributed by atoms with Crippen molar-refractivity contribution in [3.8, 4) is 22.3 Å². The number of carbonyl (C=O) groups excluding carboxylic acids is 5. The van der Waals surface area contributed by atoms with E-state index in [0.29, 0.717) is 76.0 Å². The number of fused-ring (bicyclic) bond motifs is 6. The Hall–Kier alpha value is -6.83. The molecule has 7 heterocycles. The number of carbonyl (C=O) groups is 5. The molecular formula is C56H74BFLiN12O10P. The summed E-state index contributed by atoms with van der Waals surface area (Å²) in [7, 11) is 0.898. The Kier molecular flexibility index (Phi) is 26.6. The van der Waals surface area contributed by atoms with Crippen LogP contribution in [0.5, 0.6) is 0 Å². The van der Waals surface area contributed by atoms with Crippen LogP contribution < -0.4 is 45.2 Å². The molecule has 0 spiro atoms. The zero-order valence-electron chi connectivity index (χ0n) is 48.3. The van der Waals surface area contributed by atoms with Crippen molar-refractivity contribution in [1.82, 2.24) is 49.8 Å². The van der Waals surface area contributed by atoms with E-state index in [9.17, 15) is 33.5 Å². The predicted octanol–water partition coefficient (Wildman–Crippen LogP) is 4.87. The first-order valence-corrected chi connectivity index (χ1v) is 28.0. The van der Waals surface area contributed by atoms with Crippen molar-refractivity contribution >= 4 is 57.1 Å². The van der Waals surface area contributed by atoms with Gasteiger partial charge in [0.1, 0.15) is 11.3 Å². The molecule has 3 aliphatic heterocycles. The van der Waals surface area contributed by atoms with Gasteiger partial charge in [-0.25, -0.2) is 4.79 Å². The molecule has 1 atom stereocenters. The van der Waals surface area contributed by atoms with Crippen molar-refractivity contribution in [2.75, 3.05) is 57.3 Å². The van der Waals surface area contributed by atoms with Gasteiger partial charge in [0.15, 0.2) is 5.69 Å². The number of aromatic nitrogens is 8. The van der Waals surface area contributed by atoms with Crippen molar-refractivity contribution in [1.29, 1.82) is 0 Å². The number of halogens is 1. The second kappa shape index (κ2) is 33.9. The van der Waals surface area contributed by atoms with E-state index in [2.05, 4.69) is 41.7 Å². The van der Waals surface area contributed by atoms with E-state index in [1.807, 2.05) is 82.1 Å². The molecule has 82 heavy (non-hydrogen) atoms. The molecular weight excluding hydrogens is 1070 g/mol. The maximum absolute atomic E-state index is 13.2. The summed E-state index contributed by atoms with van der Waals surface area (Å²) in [5.41, 5.74) is 4.46. The molecule has 4 aromatic heterocycles. The Morgan fingerprint density at radius 1 is 0.817 bits per heavy atom. The van der Waals surface area contributed by atoms with Gasteiger partial charge >= 0.3 is 45.6 Å². The first-order chi connectivity index (χ1) is 39.6. The van der Waals surface area contributed by atoms with Crippen LogP contribution in [-0.4, -0.2) is 128 Å². The third-order valence-corrected chi connectivity index (χ3v) is 13.3. The van der Waals surface area contributed by atoms with E-state index in [1.165, 1.54) is 0 Å². The summed E-state index contributed by atoms with van der Waals surface area (Å²) in [6.07, 6.45) is 21.4. The number of aromatic carboxylic acids is 1. The van der Waals surface area contributed by atoms with Gasteiger partial charge in [-0.15, -0.1) is 0 Å². The number of unbranched alkanes of at least 4 members (excludes halogenated alkanes) is 3. The van der Waals surface area contributed by atoms with Gasteiger partial charge in [-0.2, -0.15) is 20.4 Å². The van der Waals surface area contributed by atoms with E-state index < -0.39 is 30.7 Å². The van der Waals surface area contributed by atoms with E-state index in [4.69, 9.17) is 20.3 Å². The van der Waals surface area contributed by atoms with E-state index >= 15 is 0 Å². The average Bonchev–Trinajstić information content (AvgIpc) is 4.53. The monoisotopic (exact) mass is 1140 g/mol. The van der Waals surface area contributed by atoms with Crippen LogP contribution in [0.15, 0.2) is 85.7 Å². The summed E-state index contributed by atoms with van der Waals surface area (Å²) >= 11 is 0. The number of carboxylic acid groups (broad SMARTS) is 1. The molecule has 1 unspecified atom stereocenters. The number of anilines is 2. The summed E-state index contributed by atoms with van der Waals surface area (Å²) in [6.45, 7) is 11.4. The van der Waals surface area contributed by atoms with Gasteiger partial charge in [-0.3, -0.25) is 37.5 Å². The summed E-state index contributed by atoms with van der Waals surface area (Å²) < 4.78 is 47.5. The molecule has 2 fully saturated rings. The number of hydrogen-bond donors (Lipinski definition) is 4. The van der Waals surface area contributed by atoms with Crippen LogP contribution in [-0.2, 0) is 32.0 Å². The molecule has 4 N–H and O–H groups in total. The number of hydrogen-bond acceptors (Lipinski definition) is 14. The fourth-order valence-corrected chi connectivity index (χ4v) is 9.19. The SMILES string of the molecule is CC(C)(C)OC(=O)NCCCCCCn1cc(-c2cccc(C(=O)Nc3cn(C4CCOCC4)nc3C(=O)[O-])c2)cn1.O=BP.O=C1Nc2cn(C3CCOCC3)nc2C(=O)NCCCCCCn2cc(cn2)-c2cccc1c2.[2H]CF.[Li+]. The fraction of sp³-hybridized carbons (Fsp3) is 0.482. The molecule has 0 radical (unpaired) electrons. The Balaban J connectivity index is 0.000000279.